The van der Waals surface area contributed by atoms with Crippen molar-refractivity contribution < 1.29 is 76.3 Å². The summed E-state index contributed by atoms with van der Waals surface area (Å²) in [6, 6.07) is 24.2. The molecule has 2 N–H and O–H groups in total. The van der Waals surface area contributed by atoms with Gasteiger partial charge >= 0.3 is 6.09 Å². The van der Waals surface area contributed by atoms with Crippen molar-refractivity contribution >= 4 is 35.2 Å². The summed E-state index contributed by atoms with van der Waals surface area (Å²) in [5.74, 6) is -0.780. The number of rotatable bonds is 45. The molecule has 4 amide bonds. The molecule has 492 valence electrons. The zero-order valence-electron chi connectivity index (χ0n) is 53.0. The van der Waals surface area contributed by atoms with Crippen LogP contribution in [0.1, 0.15) is 101 Å². The summed E-state index contributed by atoms with van der Waals surface area (Å²) in [5.41, 5.74) is 6.30. The number of nitrogens with zero attached hydrogens (tertiary/aromatic N) is 5. The second-order valence-electron chi connectivity index (χ2n) is 21.3. The van der Waals surface area contributed by atoms with Crippen LogP contribution in [-0.4, -0.2) is 236 Å². The number of fused-ring (bicyclic) bond motifs is 1. The van der Waals surface area contributed by atoms with E-state index in [1.165, 1.54) is 5.56 Å². The van der Waals surface area contributed by atoms with Crippen molar-refractivity contribution in [3.05, 3.63) is 113 Å². The van der Waals surface area contributed by atoms with Crippen molar-refractivity contribution in [2.75, 3.05) is 202 Å². The predicted molar refractivity (Wildman–Crippen MR) is 337 cm³/mol. The van der Waals surface area contributed by atoms with Crippen molar-refractivity contribution in [3.8, 4) is 11.3 Å². The van der Waals surface area contributed by atoms with Gasteiger partial charge in [-0.2, -0.15) is 0 Å². The van der Waals surface area contributed by atoms with Gasteiger partial charge in [0.1, 0.15) is 6.61 Å². The van der Waals surface area contributed by atoms with E-state index in [9.17, 15) is 19.2 Å². The number of aryl methyl sites for hydroxylation is 1. The Bertz CT molecular complexity index is 2650. The third-order valence-corrected chi connectivity index (χ3v) is 15.0. The molecule has 3 aromatic carbocycles. The lowest BCUT2D eigenvalue weighted by Crippen LogP contribution is -2.39. The van der Waals surface area contributed by atoms with Gasteiger partial charge in [0.05, 0.1) is 123 Å². The van der Waals surface area contributed by atoms with Crippen molar-refractivity contribution in [1.82, 2.24) is 25.0 Å². The highest BCUT2D eigenvalue weighted by molar-refractivity contribution is 6.08. The van der Waals surface area contributed by atoms with E-state index in [1.54, 1.807) is 66.6 Å². The molecule has 0 radical (unpaired) electrons. The molecule has 0 saturated carbocycles. The number of nitrogens with one attached hydrogen (secondary N) is 2. The number of methoxy groups -OCH3 is 1. The Hall–Kier alpha value is -6.19. The van der Waals surface area contributed by atoms with Gasteiger partial charge < -0.3 is 72.7 Å². The first kappa shape index (κ1) is 71.9. The summed E-state index contributed by atoms with van der Waals surface area (Å²) in [4.78, 5) is 77.2. The van der Waals surface area contributed by atoms with Gasteiger partial charge in [0.2, 0.25) is 0 Å². The predicted octanol–water partition coefficient (Wildman–Crippen LogP) is 7.73. The van der Waals surface area contributed by atoms with E-state index in [2.05, 4.69) is 46.4 Å². The van der Waals surface area contributed by atoms with E-state index in [1.807, 2.05) is 30.3 Å². The molecule has 0 unspecified atom stereocenters. The quantitative estimate of drug-likeness (QED) is 0.0187. The number of ether oxygens (including phenoxy) is 10. The molecular formula is C66H97N7O16. The first-order valence-corrected chi connectivity index (χ1v) is 31.6. The smallest absolute Gasteiger partial charge is 0.409 e. The van der Waals surface area contributed by atoms with Crippen molar-refractivity contribution in [2.45, 2.75) is 64.8 Å². The molecule has 23 heteroatoms. The van der Waals surface area contributed by atoms with Gasteiger partial charge in [-0.05, 0) is 125 Å². The van der Waals surface area contributed by atoms with Gasteiger partial charge in [0, 0.05) is 101 Å². The lowest BCUT2D eigenvalue weighted by Gasteiger charge is -2.26. The zero-order chi connectivity index (χ0) is 62.9. The average Bonchev–Trinajstić information content (AvgIpc) is 1.77. The van der Waals surface area contributed by atoms with E-state index >= 15 is 0 Å². The Morgan fingerprint density at radius 2 is 1.24 bits per heavy atom. The van der Waals surface area contributed by atoms with Gasteiger partial charge in [0.15, 0.2) is 6.79 Å². The third kappa shape index (κ3) is 27.0. The number of anilines is 2. The number of benzene rings is 3. The molecule has 2 aliphatic rings. The lowest BCUT2D eigenvalue weighted by atomic mass is 9.87. The van der Waals surface area contributed by atoms with E-state index in [-0.39, 0.29) is 36.6 Å². The molecule has 1 aliphatic heterocycles. The molecule has 1 aliphatic carbocycles. The normalized spacial score (nSPS) is 14.2. The minimum atomic E-state index is -0.386. The maximum Gasteiger partial charge on any atom is 0.409 e. The number of hydrogen-bond acceptors (Lipinski definition) is 19. The molecule has 4 aromatic rings. The molecule has 0 bridgehead atoms. The fourth-order valence-electron chi connectivity index (χ4n) is 10.1. The number of carbonyl (C=O) groups is 4. The van der Waals surface area contributed by atoms with Crippen LogP contribution in [0.3, 0.4) is 0 Å². The van der Waals surface area contributed by atoms with Crippen LogP contribution < -0.4 is 15.5 Å². The molecule has 1 aromatic heterocycles. The molecule has 0 spiro atoms. The Labute approximate surface area is 526 Å². The van der Waals surface area contributed by atoms with Gasteiger partial charge in [0.25, 0.3) is 17.7 Å². The second-order valence-corrected chi connectivity index (χ2v) is 21.3. The number of amides is 4. The summed E-state index contributed by atoms with van der Waals surface area (Å²) in [7, 11) is 3.39. The Morgan fingerprint density at radius 1 is 0.596 bits per heavy atom. The molecular weight excluding hydrogens is 1150 g/mol. The van der Waals surface area contributed by atoms with Crippen LogP contribution in [0.2, 0.25) is 0 Å². The lowest BCUT2D eigenvalue weighted by molar-refractivity contribution is -0.340. The number of carbonyl (C=O) groups excluding carboxylic acids is 4. The number of hydrogen-bond donors (Lipinski definition) is 2. The fraction of sp³-hybridized carbons (Fsp3) is 0.591. The van der Waals surface area contributed by atoms with E-state index in [0.29, 0.717) is 185 Å². The van der Waals surface area contributed by atoms with Gasteiger partial charge in [-0.25, -0.2) is 14.6 Å². The molecule has 89 heavy (non-hydrogen) atoms. The van der Waals surface area contributed by atoms with Crippen LogP contribution in [0.15, 0.2) is 85.1 Å². The van der Waals surface area contributed by atoms with E-state index in [4.69, 9.17) is 62.1 Å². The van der Waals surface area contributed by atoms with Crippen LogP contribution in [0.5, 0.6) is 0 Å². The summed E-state index contributed by atoms with van der Waals surface area (Å²) in [6.07, 6.45) is 7.46. The average molecular weight is 1240 g/mol. The maximum absolute atomic E-state index is 14.1. The van der Waals surface area contributed by atoms with Crippen molar-refractivity contribution in [3.63, 3.8) is 0 Å². The van der Waals surface area contributed by atoms with Crippen molar-refractivity contribution in [1.29, 1.82) is 0 Å². The highest BCUT2D eigenvalue weighted by atomic mass is 17.2. The maximum atomic E-state index is 14.1. The zero-order valence-corrected chi connectivity index (χ0v) is 53.0. The van der Waals surface area contributed by atoms with Gasteiger partial charge in [-0.15, -0.1) is 0 Å². The number of pyridine rings is 1. The fourth-order valence-corrected chi connectivity index (χ4v) is 10.1. The molecule has 1 saturated heterocycles. The summed E-state index contributed by atoms with van der Waals surface area (Å²) >= 11 is 0. The number of aromatic nitrogens is 1. The highest BCUT2D eigenvalue weighted by Gasteiger charge is 2.25. The Balaban J connectivity index is 0.777. The molecule has 1 atom stereocenters. The minimum Gasteiger partial charge on any atom is -0.449 e. The van der Waals surface area contributed by atoms with Crippen LogP contribution in [-0.2, 0) is 63.6 Å². The Kier molecular flexibility index (Phi) is 35.1. The highest BCUT2D eigenvalue weighted by Crippen LogP contribution is 2.34. The summed E-state index contributed by atoms with van der Waals surface area (Å²) in [6.45, 7) is 17.6. The second kappa shape index (κ2) is 43.5. The number of unbranched alkanes of at least 4 members (excludes halogenated alkanes) is 2. The van der Waals surface area contributed by atoms with Gasteiger partial charge in [-0.3, -0.25) is 24.3 Å². The molecule has 1 fully saturated rings. The SMILES string of the molecule is CCN(CC)c1ccc(NC(=O)c2cccc(C(=O)N(C)CCN3CCCN(C(=O)OCCCCCOCCOCCOCCOCCOCCOCOOCCOCCOCCOC)CC3)c2)c(-c2cc(C(=O)N[C@H]3CCCc4ccccc43)ccn2)c1. The standard InChI is InChI=1S/C66H97N7O16/c1-5-72(6-2)57-21-22-61(59(51-57)62-50-55(23-24-67-62)64(75)68-60-20-13-16-53-15-8-9-19-58(53)60)69-63(74)54-17-12-18-56(49-54)65(76)70(3)27-28-71-25-14-26-73(30-29-71)66(77)87-32-11-7-10-31-79-35-36-81-38-39-82-40-41-83-42-43-84-45-46-86-52-89-88-48-47-85-44-37-80-34-33-78-4/h8-9,12,15,17-19,21-24,49-51,60H,5-7,10-11,13-14,16,20,25-48,52H2,1-4H3,(H,68,75)(H,69,74)/t60-/m0/s1. The first-order valence-electron chi connectivity index (χ1n) is 31.6. The van der Waals surface area contributed by atoms with Crippen molar-refractivity contribution in [2.24, 2.45) is 0 Å². The van der Waals surface area contributed by atoms with Gasteiger partial charge in [-0.1, -0.05) is 30.3 Å². The number of likely N-dealkylation sites (N-methyl/N-ethyl adjacent to an activating group) is 1. The topological polar surface area (TPSA) is 229 Å². The first-order chi connectivity index (χ1) is 43.7. The van der Waals surface area contributed by atoms with E-state index < -0.39 is 0 Å². The summed E-state index contributed by atoms with van der Waals surface area (Å²) < 4.78 is 54.3. The van der Waals surface area contributed by atoms with Crippen LogP contribution in [0, 0.1) is 0 Å². The third-order valence-electron chi connectivity index (χ3n) is 15.0. The van der Waals surface area contributed by atoms with Crippen LogP contribution in [0.4, 0.5) is 16.2 Å². The minimum absolute atomic E-state index is 0.0000174. The Morgan fingerprint density at radius 3 is 1.94 bits per heavy atom. The molecule has 23 nitrogen and oxygen atoms in total. The van der Waals surface area contributed by atoms with Crippen LogP contribution in [0.25, 0.3) is 11.3 Å². The monoisotopic (exact) mass is 1240 g/mol. The largest absolute Gasteiger partial charge is 0.449 e. The van der Waals surface area contributed by atoms with Crippen LogP contribution >= 0.6 is 0 Å². The molecule has 2 heterocycles. The van der Waals surface area contributed by atoms with E-state index in [0.717, 1.165) is 75.8 Å². The molecule has 6 rings (SSSR count). The summed E-state index contributed by atoms with van der Waals surface area (Å²) in [5, 5.41) is 6.35.